The minimum Gasteiger partial charge on any atom is -0.386 e. The van der Waals surface area contributed by atoms with E-state index in [1.807, 2.05) is 6.07 Å². The molecule has 108 valence electrons. The summed E-state index contributed by atoms with van der Waals surface area (Å²) in [4.78, 5) is 4.95. The van der Waals surface area contributed by atoms with Crippen molar-refractivity contribution >= 4 is 52.9 Å². The van der Waals surface area contributed by atoms with Gasteiger partial charge in [-0.05, 0) is 30.9 Å². The first-order valence-corrected chi connectivity index (χ1v) is 7.31. The maximum absolute atomic E-state index is 9.88. The molecule has 0 aromatic carbocycles. The molecule has 1 aliphatic rings. The van der Waals surface area contributed by atoms with Crippen LogP contribution in [0.5, 0.6) is 0 Å². The van der Waals surface area contributed by atoms with E-state index in [0.717, 1.165) is 17.3 Å². The van der Waals surface area contributed by atoms with Gasteiger partial charge >= 0.3 is 0 Å². The van der Waals surface area contributed by atoms with Gasteiger partial charge in [-0.3, -0.25) is 4.99 Å². The maximum Gasteiger partial charge on any atom is 0.188 e. The Kier molecular flexibility index (Phi) is 7.41. The minimum absolute atomic E-state index is 0. The van der Waals surface area contributed by atoms with Crippen LogP contribution in [0, 0.1) is 5.92 Å². The van der Waals surface area contributed by atoms with Gasteiger partial charge in [0.2, 0.25) is 0 Å². The van der Waals surface area contributed by atoms with Gasteiger partial charge in [0.25, 0.3) is 0 Å². The number of thiophene rings is 1. The van der Waals surface area contributed by atoms with Crippen molar-refractivity contribution in [1.29, 1.82) is 0 Å². The molecule has 0 radical (unpaired) electrons. The summed E-state index contributed by atoms with van der Waals surface area (Å²) in [5.74, 6) is 1.14. The van der Waals surface area contributed by atoms with E-state index in [4.69, 9.17) is 17.3 Å². The van der Waals surface area contributed by atoms with Crippen LogP contribution in [0.2, 0.25) is 4.34 Å². The monoisotopic (exact) mass is 415 g/mol. The molecule has 2 rings (SSSR count). The van der Waals surface area contributed by atoms with Crippen LogP contribution in [-0.2, 0) is 0 Å². The quantitative estimate of drug-likeness (QED) is 0.393. The van der Waals surface area contributed by atoms with E-state index in [9.17, 15) is 5.11 Å². The van der Waals surface area contributed by atoms with Crippen LogP contribution >= 0.6 is 46.9 Å². The molecule has 0 spiro atoms. The minimum atomic E-state index is -0.633. The molecule has 1 aliphatic carbocycles. The summed E-state index contributed by atoms with van der Waals surface area (Å²) in [6.07, 6.45) is 3.24. The Morgan fingerprint density at radius 2 is 2.32 bits per heavy atom. The van der Waals surface area contributed by atoms with Gasteiger partial charge in [0.15, 0.2) is 5.96 Å². The van der Waals surface area contributed by atoms with E-state index in [0.29, 0.717) is 10.3 Å². The molecule has 0 saturated heterocycles. The fraction of sp³-hybridized carbons (Fsp3) is 0.583. The number of guanidine groups is 1. The standard InChI is InChI=1S/C12H18ClN3OS.HI/c13-11-5-4-10(18-11)9(17)7-16-12(14)15-6-8-2-1-3-8;/h4-5,8-9,17H,1-3,6-7H2,(H3,14,15,16);1H. The molecule has 1 saturated carbocycles. The highest BCUT2D eigenvalue weighted by atomic mass is 127. The number of aliphatic hydroxyl groups is 1. The summed E-state index contributed by atoms with van der Waals surface area (Å²) in [5, 5.41) is 13.0. The molecule has 0 amide bonds. The van der Waals surface area contributed by atoms with Crippen LogP contribution in [0.3, 0.4) is 0 Å². The largest absolute Gasteiger partial charge is 0.386 e. The third-order valence-electron chi connectivity index (χ3n) is 3.15. The zero-order valence-corrected chi connectivity index (χ0v) is 14.4. The highest BCUT2D eigenvalue weighted by Crippen LogP contribution is 2.27. The average molecular weight is 416 g/mol. The number of nitrogens with two attached hydrogens (primary N) is 1. The number of rotatable bonds is 5. The van der Waals surface area contributed by atoms with E-state index >= 15 is 0 Å². The lowest BCUT2D eigenvalue weighted by Gasteiger charge is -2.25. The lowest BCUT2D eigenvalue weighted by atomic mass is 9.85. The molecule has 19 heavy (non-hydrogen) atoms. The number of halogens is 2. The van der Waals surface area contributed by atoms with Gasteiger partial charge in [0, 0.05) is 11.4 Å². The maximum atomic E-state index is 9.88. The van der Waals surface area contributed by atoms with Crippen LogP contribution < -0.4 is 11.1 Å². The molecule has 1 atom stereocenters. The number of nitrogens with one attached hydrogen (secondary N) is 1. The summed E-state index contributed by atoms with van der Waals surface area (Å²) in [6, 6.07) is 3.58. The second-order valence-electron chi connectivity index (χ2n) is 4.56. The van der Waals surface area contributed by atoms with E-state index < -0.39 is 6.10 Å². The molecule has 1 aromatic heterocycles. The molecule has 1 heterocycles. The van der Waals surface area contributed by atoms with Crippen molar-refractivity contribution in [2.75, 3.05) is 13.1 Å². The lowest BCUT2D eigenvalue weighted by Crippen LogP contribution is -2.37. The third kappa shape index (κ3) is 5.45. The van der Waals surface area contributed by atoms with Crippen LogP contribution in [0.4, 0.5) is 0 Å². The normalized spacial score (nSPS) is 17.5. The van der Waals surface area contributed by atoms with Gasteiger partial charge in [-0.1, -0.05) is 18.0 Å². The molecule has 4 nitrogen and oxygen atoms in total. The molecule has 0 aliphatic heterocycles. The van der Waals surface area contributed by atoms with Crippen molar-refractivity contribution in [3.63, 3.8) is 0 Å². The predicted molar refractivity (Wildman–Crippen MR) is 91.5 cm³/mol. The number of aliphatic imine (C=N–C) groups is 1. The van der Waals surface area contributed by atoms with Gasteiger partial charge in [-0.2, -0.15) is 0 Å². The predicted octanol–water partition coefficient (Wildman–Crippen LogP) is 2.76. The first-order valence-electron chi connectivity index (χ1n) is 6.12. The topological polar surface area (TPSA) is 70.6 Å². The van der Waals surface area contributed by atoms with Gasteiger partial charge < -0.3 is 16.2 Å². The fourth-order valence-corrected chi connectivity index (χ4v) is 2.82. The Morgan fingerprint density at radius 1 is 1.58 bits per heavy atom. The third-order valence-corrected chi connectivity index (χ3v) is 4.49. The highest BCUT2D eigenvalue weighted by molar-refractivity contribution is 14.0. The van der Waals surface area contributed by atoms with E-state index in [2.05, 4.69) is 10.3 Å². The highest BCUT2D eigenvalue weighted by Gasteiger charge is 2.17. The van der Waals surface area contributed by atoms with Crippen molar-refractivity contribution in [3.05, 3.63) is 21.3 Å². The molecule has 0 bridgehead atoms. The van der Waals surface area contributed by atoms with Gasteiger partial charge in [-0.25, -0.2) is 0 Å². The SMILES string of the molecule is I.NC(=NCC(O)c1ccc(Cl)s1)NCC1CCC1. The molecular formula is C12H19ClIN3OS. The summed E-state index contributed by atoms with van der Waals surface area (Å²) < 4.78 is 0.670. The first kappa shape index (κ1) is 17.0. The smallest absolute Gasteiger partial charge is 0.188 e. The molecule has 1 aromatic rings. The molecule has 1 unspecified atom stereocenters. The zero-order chi connectivity index (χ0) is 13.0. The Hall–Kier alpha value is -0.0500. The zero-order valence-electron chi connectivity index (χ0n) is 10.5. The molecular weight excluding hydrogens is 397 g/mol. The summed E-state index contributed by atoms with van der Waals surface area (Å²) >= 11 is 7.17. The number of nitrogens with zero attached hydrogens (tertiary/aromatic N) is 1. The molecule has 7 heteroatoms. The van der Waals surface area contributed by atoms with Gasteiger partial charge in [0.05, 0.1) is 10.9 Å². The van der Waals surface area contributed by atoms with Crippen molar-refractivity contribution in [2.24, 2.45) is 16.6 Å². The average Bonchev–Trinajstić information content (AvgIpc) is 2.70. The molecule has 4 N–H and O–H groups in total. The number of aliphatic hydroxyl groups excluding tert-OH is 1. The van der Waals surface area contributed by atoms with Crippen LogP contribution in [0.25, 0.3) is 0 Å². The number of hydrogen-bond donors (Lipinski definition) is 3. The molecule has 1 fully saturated rings. The van der Waals surface area contributed by atoms with Crippen LogP contribution in [-0.4, -0.2) is 24.2 Å². The summed E-state index contributed by atoms with van der Waals surface area (Å²) in [6.45, 7) is 1.15. The number of hydrogen-bond acceptors (Lipinski definition) is 3. The van der Waals surface area contributed by atoms with Crippen molar-refractivity contribution in [2.45, 2.75) is 25.4 Å². The van der Waals surface area contributed by atoms with Crippen LogP contribution in [0.1, 0.15) is 30.2 Å². The Labute approximate surface area is 139 Å². The second-order valence-corrected chi connectivity index (χ2v) is 6.31. The second kappa shape index (κ2) is 8.28. The van der Waals surface area contributed by atoms with Crippen molar-refractivity contribution in [1.82, 2.24) is 5.32 Å². The van der Waals surface area contributed by atoms with Crippen LogP contribution in [0.15, 0.2) is 17.1 Å². The fourth-order valence-electron chi connectivity index (χ4n) is 1.78. The van der Waals surface area contributed by atoms with E-state index in [-0.39, 0.29) is 30.5 Å². The van der Waals surface area contributed by atoms with Crippen molar-refractivity contribution in [3.8, 4) is 0 Å². The Bertz CT molecular complexity index is 423. The van der Waals surface area contributed by atoms with Crippen molar-refractivity contribution < 1.29 is 5.11 Å². The Morgan fingerprint density at radius 3 is 2.84 bits per heavy atom. The Balaban J connectivity index is 0.00000180. The first-order chi connectivity index (χ1) is 8.65. The lowest BCUT2D eigenvalue weighted by molar-refractivity contribution is 0.191. The summed E-state index contributed by atoms with van der Waals surface area (Å²) in [5.41, 5.74) is 5.74. The van der Waals surface area contributed by atoms with Gasteiger partial charge in [0.1, 0.15) is 6.10 Å². The van der Waals surface area contributed by atoms with E-state index in [1.165, 1.54) is 30.6 Å². The van der Waals surface area contributed by atoms with Gasteiger partial charge in [-0.15, -0.1) is 35.3 Å². The summed E-state index contributed by atoms with van der Waals surface area (Å²) in [7, 11) is 0. The van der Waals surface area contributed by atoms with E-state index in [1.54, 1.807) is 6.07 Å².